The van der Waals surface area contributed by atoms with Gasteiger partial charge in [-0.2, -0.15) is 5.26 Å². The summed E-state index contributed by atoms with van der Waals surface area (Å²) in [5.41, 5.74) is -4.53. The van der Waals surface area contributed by atoms with Crippen molar-refractivity contribution in [2.45, 2.75) is 26.7 Å². The second-order valence-electron chi connectivity index (χ2n) is 5.62. The third-order valence-corrected chi connectivity index (χ3v) is 7.34. The molecule has 0 amide bonds. The molecule has 25 heavy (non-hydrogen) atoms. The maximum absolute atomic E-state index is 12.9. The monoisotopic (exact) mass is 428 g/mol. The van der Waals surface area contributed by atoms with E-state index in [0.29, 0.717) is 12.8 Å². The van der Waals surface area contributed by atoms with E-state index in [0.717, 1.165) is 13.0 Å². The van der Waals surface area contributed by atoms with Crippen LogP contribution in [-0.2, 0) is 0 Å². The lowest BCUT2D eigenvalue weighted by atomic mass is 10.1. The summed E-state index contributed by atoms with van der Waals surface area (Å²) in [6.07, 6.45) is 0.990. The molecule has 2 nitrogen and oxygen atoms in total. The van der Waals surface area contributed by atoms with Gasteiger partial charge in [-0.3, -0.25) is 0 Å². The molecule has 0 aromatic carbocycles. The highest BCUT2D eigenvalue weighted by Gasteiger charge is 2.87. The summed E-state index contributed by atoms with van der Waals surface area (Å²) in [6, 6.07) is 0.923. The molecule has 0 aliphatic carbocycles. The van der Waals surface area contributed by atoms with Gasteiger partial charge in [-0.15, -0.1) is 0 Å². The molecular weight excluding hydrogens is 414 g/mol. The molecule has 1 aliphatic rings. The molecule has 0 spiro atoms. The van der Waals surface area contributed by atoms with Crippen LogP contribution in [-0.4, -0.2) is 18.0 Å². The Morgan fingerprint density at radius 1 is 0.800 bits per heavy atom. The first-order valence-corrected chi connectivity index (χ1v) is 10.4. The zero-order valence-corrected chi connectivity index (χ0v) is 14.5. The van der Waals surface area contributed by atoms with Gasteiger partial charge in [0.1, 0.15) is 6.07 Å². The average Bonchev–Trinajstić information content (AvgIpc) is 2.73. The third kappa shape index (κ3) is 5.13. The molecule has 0 saturated carbocycles. The van der Waals surface area contributed by atoms with Crippen molar-refractivity contribution in [3.05, 3.63) is 21.1 Å². The Bertz CT molecular complexity index is 669. The first kappa shape index (κ1) is 21.8. The Morgan fingerprint density at radius 2 is 1.16 bits per heavy atom. The average molecular weight is 428 g/mol. The van der Waals surface area contributed by atoms with Gasteiger partial charge in [0.25, 0.3) is 0 Å². The fourth-order valence-electron chi connectivity index (χ4n) is 2.63. The minimum absolute atomic E-state index is 0.145. The van der Waals surface area contributed by atoms with Gasteiger partial charge < -0.3 is 4.90 Å². The molecule has 0 aromatic rings. The van der Waals surface area contributed by atoms with Gasteiger partial charge in [0.2, 0.25) is 4.24 Å². The van der Waals surface area contributed by atoms with Crippen LogP contribution in [0.1, 0.15) is 26.7 Å². The van der Waals surface area contributed by atoms with E-state index in [1.807, 2.05) is 0 Å². The van der Waals surface area contributed by atoms with Gasteiger partial charge in [-0.05, 0) is 26.7 Å². The number of hydrogen-bond acceptors (Lipinski definition) is 2. The Hall–Kier alpha value is -1.23. The molecule has 1 heterocycles. The highest BCUT2D eigenvalue weighted by atomic mass is 32.5. The predicted molar refractivity (Wildman–Crippen MR) is 78.1 cm³/mol. The van der Waals surface area contributed by atoms with E-state index >= 15 is 0 Å². The van der Waals surface area contributed by atoms with Gasteiger partial charge in [0, 0.05) is 24.4 Å². The highest BCUT2D eigenvalue weighted by molar-refractivity contribution is 8.65. The summed E-state index contributed by atoms with van der Waals surface area (Å²) in [6.45, 7) is 1.02. The van der Waals surface area contributed by atoms with Crippen molar-refractivity contribution in [2.75, 3.05) is 13.1 Å². The van der Waals surface area contributed by atoms with Crippen molar-refractivity contribution in [3.8, 4) is 6.07 Å². The lowest BCUT2D eigenvalue weighted by molar-refractivity contribution is 0.354. The smallest absolute Gasteiger partial charge is 0.324 e. The van der Waals surface area contributed by atoms with Crippen LogP contribution < -0.4 is 0 Å². The van der Waals surface area contributed by atoms with Gasteiger partial charge in [0.15, 0.2) is 0 Å². The predicted octanol–water partition coefficient (Wildman–Crippen LogP) is 7.71. The van der Waals surface area contributed by atoms with Crippen LogP contribution in [0.25, 0.3) is 0 Å². The molecule has 0 N–H and O–H groups in total. The van der Waals surface area contributed by atoms with Crippen LogP contribution in [0.5, 0.6) is 0 Å². The Morgan fingerprint density at radius 3 is 1.44 bits per heavy atom. The molecule has 0 unspecified atom stereocenters. The van der Waals surface area contributed by atoms with E-state index in [4.69, 9.17) is 5.26 Å². The number of nitrogens with zero attached hydrogens (tertiary/aromatic N) is 2. The summed E-state index contributed by atoms with van der Waals surface area (Å²) < 4.78 is 124. The number of hydrogen-bond donors (Lipinski definition) is 0. The van der Waals surface area contributed by atoms with Crippen LogP contribution >= 0.6 is 20.4 Å². The summed E-state index contributed by atoms with van der Waals surface area (Å²) >= 11 is 0. The molecule has 1 saturated heterocycles. The molecule has 0 bridgehead atoms. The second kappa shape index (κ2) is 4.54. The third-order valence-electron chi connectivity index (χ3n) is 3.44. The van der Waals surface area contributed by atoms with Gasteiger partial charge in [-0.1, -0.05) is 38.9 Å². The summed E-state index contributed by atoms with van der Waals surface area (Å²) in [7, 11) is -23.8. The molecule has 14 heteroatoms. The van der Waals surface area contributed by atoms with Crippen molar-refractivity contribution >= 4 is 20.4 Å². The van der Waals surface area contributed by atoms with E-state index in [1.54, 1.807) is 0 Å². The van der Waals surface area contributed by atoms with Gasteiger partial charge in [-0.25, -0.2) is 0 Å². The Labute approximate surface area is 137 Å². The van der Waals surface area contributed by atoms with Crippen molar-refractivity contribution in [1.29, 1.82) is 5.26 Å². The largest absolute Gasteiger partial charge is 0.374 e. The zero-order chi connectivity index (χ0) is 20.2. The summed E-state index contributed by atoms with van der Waals surface area (Å²) in [5, 5.41) is 8.88. The van der Waals surface area contributed by atoms with E-state index in [9.17, 15) is 38.9 Å². The van der Waals surface area contributed by atoms with Gasteiger partial charge in [0.05, 0.1) is 5.57 Å². The zero-order valence-electron chi connectivity index (χ0n) is 12.8. The van der Waals surface area contributed by atoms with E-state index in [1.165, 1.54) is 4.90 Å². The minimum Gasteiger partial charge on any atom is -0.374 e. The second-order valence-corrected chi connectivity index (χ2v) is 10.6. The highest BCUT2D eigenvalue weighted by Crippen LogP contribution is 3.18. The molecule has 1 fully saturated rings. The van der Waals surface area contributed by atoms with Crippen LogP contribution in [0.4, 0.5) is 38.9 Å². The Balaban J connectivity index is 3.99. The van der Waals surface area contributed by atoms with Crippen LogP contribution in [0.15, 0.2) is 21.1 Å². The normalized spacial score (nSPS) is 22.8. The molecule has 1 aliphatic heterocycles. The minimum atomic E-state index is -11.9. The van der Waals surface area contributed by atoms with E-state index in [2.05, 4.69) is 0 Å². The molecule has 1 rings (SSSR count). The first-order valence-electron chi connectivity index (χ1n) is 6.53. The SMILES string of the molecule is CC(=C(S(F)(F)(F)(F)F)S(F)(F)(F)(F)F)/C(C#N)=C(\C)N1CCCC1. The van der Waals surface area contributed by atoms with Crippen molar-refractivity contribution in [3.63, 3.8) is 0 Å². The first-order chi connectivity index (χ1) is 10.5. The van der Waals surface area contributed by atoms with E-state index in [-0.39, 0.29) is 20.0 Å². The number of rotatable bonds is 4. The van der Waals surface area contributed by atoms with Crippen molar-refractivity contribution < 1.29 is 38.9 Å². The molecule has 0 aromatic heterocycles. The quantitative estimate of drug-likeness (QED) is 0.261. The number of halogens is 10. The van der Waals surface area contributed by atoms with E-state index < -0.39 is 41.5 Å². The van der Waals surface area contributed by atoms with Crippen LogP contribution in [0, 0.1) is 11.3 Å². The lowest BCUT2D eigenvalue weighted by Gasteiger charge is -2.53. The molecule has 150 valence electrons. The van der Waals surface area contributed by atoms with Crippen molar-refractivity contribution in [2.24, 2.45) is 0 Å². The Kier molecular flexibility index (Phi) is 3.96. The van der Waals surface area contributed by atoms with Crippen molar-refractivity contribution in [1.82, 2.24) is 4.90 Å². The fraction of sp³-hybridized carbons (Fsp3) is 0.545. The molecule has 0 radical (unpaired) electrons. The maximum atomic E-state index is 12.9. The van der Waals surface area contributed by atoms with Crippen LogP contribution in [0.3, 0.4) is 0 Å². The summed E-state index contributed by atoms with van der Waals surface area (Å²) in [4.78, 5) is 1.18. The topological polar surface area (TPSA) is 27.0 Å². The summed E-state index contributed by atoms with van der Waals surface area (Å²) in [5.74, 6) is 0. The van der Waals surface area contributed by atoms with Gasteiger partial charge >= 0.3 is 20.4 Å². The standard InChI is InChI=1S/C11H14F10N2S2/c1-8(10(7-22)9(2)23-5-3-4-6-23)11(24(12,13,14,15)16)25(17,18,19,20)21/h3-6H2,1-2H3/b10-9+. The number of nitriles is 1. The number of allylic oxidation sites excluding steroid dienone is 3. The number of likely N-dealkylation sites (tertiary alicyclic amines) is 1. The van der Waals surface area contributed by atoms with Crippen LogP contribution in [0.2, 0.25) is 0 Å². The lowest BCUT2D eigenvalue weighted by Crippen LogP contribution is -2.24. The molecule has 0 atom stereocenters. The maximum Gasteiger partial charge on any atom is 0.324 e. The molecular formula is C11H14F10N2S2. The fourth-order valence-corrected chi connectivity index (χ4v) is 6.37.